The van der Waals surface area contributed by atoms with Gasteiger partial charge in [-0.2, -0.15) is 0 Å². The molecule has 0 aromatic heterocycles. The van der Waals surface area contributed by atoms with Crippen LogP contribution in [0.3, 0.4) is 0 Å². The summed E-state index contributed by atoms with van der Waals surface area (Å²) in [7, 11) is 0.845. The molecule has 8 heteroatoms. The highest BCUT2D eigenvalue weighted by atomic mass is 32.2. The molecule has 1 aromatic carbocycles. The van der Waals surface area contributed by atoms with E-state index in [2.05, 4.69) is 17.4 Å². The summed E-state index contributed by atoms with van der Waals surface area (Å²) >= 11 is 7.23. The van der Waals surface area contributed by atoms with Crippen molar-refractivity contribution in [1.82, 2.24) is 15.3 Å². The van der Waals surface area contributed by atoms with E-state index in [0.717, 1.165) is 12.3 Å². The van der Waals surface area contributed by atoms with Gasteiger partial charge in [0.2, 0.25) is 0 Å². The van der Waals surface area contributed by atoms with E-state index in [-0.39, 0.29) is 17.5 Å². The molecule has 1 fully saturated rings. The highest BCUT2D eigenvalue weighted by molar-refractivity contribution is 7.99. The molecule has 1 aromatic rings. The summed E-state index contributed by atoms with van der Waals surface area (Å²) in [5, 5.41) is 7.58. The van der Waals surface area contributed by atoms with Crippen molar-refractivity contribution in [3.63, 3.8) is 0 Å². The van der Waals surface area contributed by atoms with Gasteiger partial charge >= 0.3 is 0 Å². The summed E-state index contributed by atoms with van der Waals surface area (Å²) < 4.78 is 23.4. The van der Waals surface area contributed by atoms with E-state index in [1.54, 1.807) is 11.8 Å². The lowest BCUT2D eigenvalue weighted by Crippen LogP contribution is -2.53. The molecule has 0 amide bonds. The number of sulfone groups is 1. The molecule has 1 aliphatic heterocycles. The number of hydrogen-bond acceptors (Lipinski definition) is 5. The number of nitrogens with zero attached hydrogens (tertiary/aromatic N) is 2. The van der Waals surface area contributed by atoms with E-state index in [0.29, 0.717) is 11.5 Å². The monoisotopic (exact) mass is 373 g/mol. The van der Waals surface area contributed by atoms with E-state index < -0.39 is 9.84 Å². The standard InChI is InChI=1S/C15H23N3O2S3/c1-17(2)18(13-8-11-23(19,20)12-13)15(21)16-9-10-22-14-6-4-3-5-7-14/h3-7,13H,8-12H2,1-2H3,(H,16,21)/t13-/m1/s1. The third-order valence-electron chi connectivity index (χ3n) is 3.58. The molecule has 1 saturated heterocycles. The maximum atomic E-state index is 11.7. The van der Waals surface area contributed by atoms with E-state index in [4.69, 9.17) is 12.2 Å². The summed E-state index contributed by atoms with van der Waals surface area (Å²) in [6, 6.07) is 10.1. The summed E-state index contributed by atoms with van der Waals surface area (Å²) in [5.74, 6) is 1.31. The largest absolute Gasteiger partial charge is 0.361 e. The van der Waals surface area contributed by atoms with Crippen LogP contribution in [0.4, 0.5) is 0 Å². The Morgan fingerprint density at radius 3 is 2.61 bits per heavy atom. The fourth-order valence-corrected chi connectivity index (χ4v) is 5.46. The predicted molar refractivity (Wildman–Crippen MR) is 100 cm³/mol. The van der Waals surface area contributed by atoms with Gasteiger partial charge in [-0.1, -0.05) is 18.2 Å². The van der Waals surface area contributed by atoms with Crippen LogP contribution in [0.5, 0.6) is 0 Å². The number of hydrazine groups is 1. The minimum Gasteiger partial charge on any atom is -0.361 e. The second kappa shape index (κ2) is 8.32. The number of nitrogens with one attached hydrogen (secondary N) is 1. The molecule has 0 radical (unpaired) electrons. The molecule has 1 N–H and O–H groups in total. The number of rotatable bonds is 6. The SMILES string of the molecule is CN(C)N(C(=S)NCCSc1ccccc1)[C@@H]1CCS(=O)(=O)C1. The fraction of sp³-hybridized carbons (Fsp3) is 0.533. The van der Waals surface area contributed by atoms with Gasteiger partial charge in [-0.15, -0.1) is 11.8 Å². The van der Waals surface area contributed by atoms with Crippen LogP contribution in [0.25, 0.3) is 0 Å². The quantitative estimate of drug-likeness (QED) is 0.352. The molecule has 2 rings (SSSR count). The molecule has 128 valence electrons. The van der Waals surface area contributed by atoms with Crippen molar-refractivity contribution in [1.29, 1.82) is 0 Å². The van der Waals surface area contributed by atoms with Crippen LogP contribution in [0, 0.1) is 0 Å². The first-order valence-electron chi connectivity index (χ1n) is 7.51. The Morgan fingerprint density at radius 1 is 1.35 bits per heavy atom. The molecule has 23 heavy (non-hydrogen) atoms. The lowest BCUT2D eigenvalue weighted by Gasteiger charge is -2.36. The molecular formula is C15H23N3O2S3. The average molecular weight is 374 g/mol. The topological polar surface area (TPSA) is 52.6 Å². The van der Waals surface area contributed by atoms with Gasteiger partial charge in [0.15, 0.2) is 14.9 Å². The Hall–Kier alpha value is -0.830. The second-order valence-electron chi connectivity index (χ2n) is 5.64. The number of thioether (sulfide) groups is 1. The van der Waals surface area contributed by atoms with Crippen LogP contribution in [-0.4, -0.2) is 67.5 Å². The third-order valence-corrected chi connectivity index (χ3v) is 6.68. The normalized spacial score (nSPS) is 19.7. The van der Waals surface area contributed by atoms with E-state index in [9.17, 15) is 8.42 Å². The smallest absolute Gasteiger partial charge is 0.183 e. The lowest BCUT2D eigenvalue weighted by molar-refractivity contribution is 0.0715. The first kappa shape index (κ1) is 18.5. The maximum absolute atomic E-state index is 11.7. The van der Waals surface area contributed by atoms with Gasteiger partial charge in [0.25, 0.3) is 0 Å². The van der Waals surface area contributed by atoms with Crippen molar-refractivity contribution in [2.24, 2.45) is 0 Å². The Bertz CT molecular complexity index is 620. The van der Waals surface area contributed by atoms with Gasteiger partial charge in [0.05, 0.1) is 17.5 Å². The predicted octanol–water partition coefficient (Wildman–Crippen LogP) is 1.62. The van der Waals surface area contributed by atoms with E-state index in [1.165, 1.54) is 4.90 Å². The zero-order valence-electron chi connectivity index (χ0n) is 13.4. The van der Waals surface area contributed by atoms with Crippen LogP contribution in [0.15, 0.2) is 35.2 Å². The Balaban J connectivity index is 1.82. The zero-order chi connectivity index (χ0) is 16.9. The van der Waals surface area contributed by atoms with E-state index in [1.807, 2.05) is 42.3 Å². The number of hydrogen-bond donors (Lipinski definition) is 1. The highest BCUT2D eigenvalue weighted by Crippen LogP contribution is 2.19. The number of benzene rings is 1. The Kier molecular flexibility index (Phi) is 6.70. The molecule has 0 aliphatic carbocycles. The van der Waals surface area contributed by atoms with Crippen LogP contribution in [0.1, 0.15) is 6.42 Å². The first-order chi connectivity index (χ1) is 10.9. The molecule has 0 spiro atoms. The van der Waals surface area contributed by atoms with E-state index >= 15 is 0 Å². The molecule has 5 nitrogen and oxygen atoms in total. The molecule has 0 saturated carbocycles. The third kappa shape index (κ3) is 5.63. The van der Waals surface area contributed by atoms with Gasteiger partial charge in [0.1, 0.15) is 0 Å². The molecule has 0 bridgehead atoms. The van der Waals surface area contributed by atoms with Crippen molar-refractivity contribution >= 4 is 38.9 Å². The van der Waals surface area contributed by atoms with Crippen LogP contribution in [0.2, 0.25) is 0 Å². The van der Waals surface area contributed by atoms with Gasteiger partial charge < -0.3 is 5.32 Å². The van der Waals surface area contributed by atoms with Gasteiger partial charge in [0, 0.05) is 31.3 Å². The van der Waals surface area contributed by atoms with Crippen LogP contribution in [-0.2, 0) is 9.84 Å². The zero-order valence-corrected chi connectivity index (χ0v) is 15.9. The molecule has 1 atom stereocenters. The van der Waals surface area contributed by atoms with Crippen molar-refractivity contribution in [3.05, 3.63) is 30.3 Å². The summed E-state index contributed by atoms with van der Waals surface area (Å²) in [6.45, 7) is 0.738. The second-order valence-corrected chi connectivity index (χ2v) is 9.43. The molecule has 1 aliphatic rings. The summed E-state index contributed by atoms with van der Waals surface area (Å²) in [4.78, 5) is 1.23. The summed E-state index contributed by atoms with van der Waals surface area (Å²) in [5.41, 5.74) is 0. The molecule has 1 heterocycles. The van der Waals surface area contributed by atoms with Gasteiger partial charge in [-0.3, -0.25) is 5.01 Å². The maximum Gasteiger partial charge on any atom is 0.183 e. The van der Waals surface area contributed by atoms with Gasteiger partial charge in [-0.25, -0.2) is 13.4 Å². The van der Waals surface area contributed by atoms with Crippen molar-refractivity contribution in [2.45, 2.75) is 17.4 Å². The number of thiocarbonyl (C=S) groups is 1. The van der Waals surface area contributed by atoms with Gasteiger partial charge in [-0.05, 0) is 30.8 Å². The highest BCUT2D eigenvalue weighted by Gasteiger charge is 2.34. The van der Waals surface area contributed by atoms with Crippen molar-refractivity contribution in [3.8, 4) is 0 Å². The average Bonchev–Trinajstić information content (AvgIpc) is 2.84. The Labute approximate surface area is 148 Å². The Morgan fingerprint density at radius 2 is 2.04 bits per heavy atom. The lowest BCUT2D eigenvalue weighted by atomic mass is 10.2. The summed E-state index contributed by atoms with van der Waals surface area (Å²) in [6.07, 6.45) is 0.626. The fourth-order valence-electron chi connectivity index (χ4n) is 2.57. The first-order valence-corrected chi connectivity index (χ1v) is 10.7. The van der Waals surface area contributed by atoms with Crippen molar-refractivity contribution < 1.29 is 8.42 Å². The van der Waals surface area contributed by atoms with Crippen LogP contribution < -0.4 is 5.32 Å². The van der Waals surface area contributed by atoms with Crippen LogP contribution >= 0.6 is 24.0 Å². The van der Waals surface area contributed by atoms with Crippen molar-refractivity contribution in [2.75, 3.05) is 37.9 Å². The minimum atomic E-state index is -2.93. The minimum absolute atomic E-state index is 0.0724. The molecule has 0 unspecified atom stereocenters. The molecular weight excluding hydrogens is 350 g/mol.